The number of amides is 2. The molecule has 1 rings (SSSR count). The van der Waals surface area contributed by atoms with Crippen molar-refractivity contribution in [2.75, 3.05) is 27.2 Å². The Morgan fingerprint density at radius 3 is 2.29 bits per heavy atom. The highest BCUT2D eigenvalue weighted by atomic mass is 16.7. The van der Waals surface area contributed by atoms with Gasteiger partial charge in [-0.05, 0) is 51.9 Å². The van der Waals surface area contributed by atoms with E-state index >= 15 is 0 Å². The van der Waals surface area contributed by atoms with Gasteiger partial charge in [0, 0.05) is 19.5 Å². The van der Waals surface area contributed by atoms with Crippen LogP contribution in [-0.4, -0.2) is 60.7 Å². The van der Waals surface area contributed by atoms with E-state index in [1.807, 2.05) is 31.1 Å². The fraction of sp³-hybridized carbons (Fsp3) is 0.550. The molecule has 156 valence electrons. The van der Waals surface area contributed by atoms with E-state index < -0.39 is 11.7 Å². The van der Waals surface area contributed by atoms with Crippen LogP contribution in [0.15, 0.2) is 24.3 Å². The Hall–Kier alpha value is -2.61. The molecule has 0 aliphatic rings. The zero-order valence-electron chi connectivity index (χ0n) is 17.1. The van der Waals surface area contributed by atoms with Crippen LogP contribution in [0.1, 0.15) is 37.8 Å². The molecule has 0 aliphatic heterocycles. The average Bonchev–Trinajstić information content (AvgIpc) is 2.60. The number of ether oxygens (including phenoxy) is 1. The topological polar surface area (TPSA) is 108 Å². The summed E-state index contributed by atoms with van der Waals surface area (Å²) >= 11 is 0. The van der Waals surface area contributed by atoms with Crippen molar-refractivity contribution in [3.8, 4) is 0 Å². The molecule has 0 saturated carbocycles. The number of hydrogen-bond donors (Lipinski definition) is 3. The molecule has 28 heavy (non-hydrogen) atoms. The summed E-state index contributed by atoms with van der Waals surface area (Å²) < 4.78 is 4.51. The Kier molecular flexibility index (Phi) is 9.44. The Balaban J connectivity index is 2.35. The summed E-state index contributed by atoms with van der Waals surface area (Å²) in [6.07, 6.45) is 0.375. The molecular formula is C20H31N3O5. The van der Waals surface area contributed by atoms with Crippen molar-refractivity contribution < 1.29 is 24.2 Å². The summed E-state index contributed by atoms with van der Waals surface area (Å²) in [6, 6.07) is 7.39. The summed E-state index contributed by atoms with van der Waals surface area (Å²) in [5, 5.41) is 14.1. The third-order valence-corrected chi connectivity index (χ3v) is 4.12. The van der Waals surface area contributed by atoms with Gasteiger partial charge in [-0.2, -0.15) is 0 Å². The van der Waals surface area contributed by atoms with Gasteiger partial charge in [0.05, 0.1) is 0 Å². The first-order valence-corrected chi connectivity index (χ1v) is 9.28. The first kappa shape index (κ1) is 23.4. The third-order valence-electron chi connectivity index (χ3n) is 4.12. The van der Waals surface area contributed by atoms with Crippen LogP contribution in [0.4, 0.5) is 4.79 Å². The molecule has 3 N–H and O–H groups in total. The van der Waals surface area contributed by atoms with Crippen LogP contribution in [0, 0.1) is 0 Å². The minimum Gasteiger partial charge on any atom is -0.450 e. The van der Waals surface area contributed by atoms with E-state index in [2.05, 4.69) is 15.4 Å². The Morgan fingerprint density at radius 1 is 1.11 bits per heavy atom. The van der Waals surface area contributed by atoms with Gasteiger partial charge >= 0.3 is 6.16 Å². The van der Waals surface area contributed by atoms with E-state index in [0.717, 1.165) is 17.7 Å². The molecule has 0 bridgehead atoms. The van der Waals surface area contributed by atoms with Crippen molar-refractivity contribution in [1.82, 2.24) is 15.5 Å². The molecule has 0 unspecified atom stereocenters. The summed E-state index contributed by atoms with van der Waals surface area (Å²) in [4.78, 5) is 36.7. The van der Waals surface area contributed by atoms with Crippen LogP contribution in [0.2, 0.25) is 0 Å². The van der Waals surface area contributed by atoms with Gasteiger partial charge in [0.25, 0.3) is 0 Å². The van der Waals surface area contributed by atoms with E-state index in [0.29, 0.717) is 25.8 Å². The molecule has 0 atom stereocenters. The van der Waals surface area contributed by atoms with Crippen LogP contribution in [0.3, 0.4) is 0 Å². The van der Waals surface area contributed by atoms with E-state index in [1.165, 1.54) is 0 Å². The minimum atomic E-state index is -1.30. The largest absolute Gasteiger partial charge is 0.506 e. The van der Waals surface area contributed by atoms with Crippen LogP contribution >= 0.6 is 0 Å². The van der Waals surface area contributed by atoms with Crippen molar-refractivity contribution in [3.63, 3.8) is 0 Å². The van der Waals surface area contributed by atoms with Gasteiger partial charge in [0.2, 0.25) is 11.8 Å². The van der Waals surface area contributed by atoms with Gasteiger partial charge < -0.3 is 25.4 Å². The molecule has 0 aliphatic carbocycles. The van der Waals surface area contributed by atoms with Crippen LogP contribution in [0.25, 0.3) is 0 Å². The molecule has 0 radical (unpaired) electrons. The molecule has 8 heteroatoms. The second-order valence-electron chi connectivity index (χ2n) is 7.46. The molecule has 8 nitrogen and oxygen atoms in total. The second kappa shape index (κ2) is 11.3. The maximum absolute atomic E-state index is 12.2. The van der Waals surface area contributed by atoms with E-state index in [9.17, 15) is 14.4 Å². The van der Waals surface area contributed by atoms with Crippen molar-refractivity contribution in [3.05, 3.63) is 35.4 Å². The molecule has 0 fully saturated rings. The lowest BCUT2D eigenvalue weighted by atomic mass is 10.0. The fourth-order valence-corrected chi connectivity index (χ4v) is 2.48. The highest BCUT2D eigenvalue weighted by molar-refractivity contribution is 5.90. The number of nitrogens with one attached hydrogen (secondary N) is 2. The molecule has 2 amide bonds. The average molecular weight is 393 g/mol. The fourth-order valence-electron chi connectivity index (χ4n) is 2.48. The second-order valence-corrected chi connectivity index (χ2v) is 7.46. The predicted molar refractivity (Wildman–Crippen MR) is 106 cm³/mol. The van der Waals surface area contributed by atoms with Crippen molar-refractivity contribution in [2.45, 2.75) is 45.3 Å². The SMILES string of the molecule is CN(C)CCNC(=O)C(C)(C)NC(=O)CCCc1ccc(COC(=O)O)cc1. The van der Waals surface area contributed by atoms with Gasteiger partial charge in [-0.25, -0.2) is 4.79 Å². The van der Waals surface area contributed by atoms with E-state index in [-0.39, 0.29) is 18.4 Å². The number of hydrogen-bond acceptors (Lipinski definition) is 5. The molecule has 0 heterocycles. The van der Waals surface area contributed by atoms with Gasteiger partial charge in [-0.15, -0.1) is 0 Å². The molecule has 0 spiro atoms. The Morgan fingerprint density at radius 2 is 1.71 bits per heavy atom. The smallest absolute Gasteiger partial charge is 0.450 e. The maximum Gasteiger partial charge on any atom is 0.506 e. The minimum absolute atomic E-state index is 0.0176. The van der Waals surface area contributed by atoms with Crippen molar-refractivity contribution in [2.24, 2.45) is 0 Å². The first-order chi connectivity index (χ1) is 13.1. The Labute approximate surface area is 166 Å². The van der Waals surface area contributed by atoms with Crippen LogP contribution < -0.4 is 10.6 Å². The van der Waals surface area contributed by atoms with Gasteiger partial charge in [0.1, 0.15) is 12.1 Å². The summed E-state index contributed by atoms with van der Waals surface area (Å²) in [6.45, 7) is 4.65. The maximum atomic E-state index is 12.2. The highest BCUT2D eigenvalue weighted by Gasteiger charge is 2.28. The molecular weight excluding hydrogens is 362 g/mol. The molecule has 1 aromatic rings. The Bertz CT molecular complexity index is 656. The third kappa shape index (κ3) is 9.36. The monoisotopic (exact) mass is 393 g/mol. The van der Waals surface area contributed by atoms with E-state index in [4.69, 9.17) is 5.11 Å². The van der Waals surface area contributed by atoms with Crippen molar-refractivity contribution >= 4 is 18.0 Å². The van der Waals surface area contributed by atoms with Gasteiger partial charge in [0.15, 0.2) is 0 Å². The molecule has 0 aromatic heterocycles. The standard InChI is InChI=1S/C20H31N3O5/c1-20(2,18(25)21-12-13-23(3)4)22-17(24)7-5-6-15-8-10-16(11-9-15)14-28-19(26)27/h8-11H,5-7,12-14H2,1-4H3,(H,21,25)(H,22,24)(H,26,27). The van der Waals surface area contributed by atoms with Gasteiger partial charge in [-0.3, -0.25) is 9.59 Å². The zero-order valence-corrected chi connectivity index (χ0v) is 17.1. The molecule has 0 saturated heterocycles. The predicted octanol–water partition coefficient (Wildman–Crippen LogP) is 1.78. The highest BCUT2D eigenvalue weighted by Crippen LogP contribution is 2.10. The summed E-state index contributed by atoms with van der Waals surface area (Å²) in [5.74, 6) is -0.374. The quantitative estimate of drug-likeness (QED) is 0.495. The molecule has 1 aromatic carbocycles. The normalized spacial score (nSPS) is 11.2. The number of carbonyl (C=O) groups excluding carboxylic acids is 2. The zero-order chi connectivity index (χ0) is 21.2. The lowest BCUT2D eigenvalue weighted by Gasteiger charge is -2.25. The van der Waals surface area contributed by atoms with Gasteiger partial charge in [-0.1, -0.05) is 24.3 Å². The number of carbonyl (C=O) groups is 3. The number of nitrogens with zero attached hydrogens (tertiary/aromatic N) is 1. The number of likely N-dealkylation sites (N-methyl/N-ethyl adjacent to an activating group) is 1. The lowest BCUT2D eigenvalue weighted by molar-refractivity contribution is -0.132. The number of benzene rings is 1. The lowest BCUT2D eigenvalue weighted by Crippen LogP contribution is -2.55. The number of carboxylic acid groups (broad SMARTS) is 1. The number of rotatable bonds is 11. The van der Waals surface area contributed by atoms with Crippen molar-refractivity contribution in [1.29, 1.82) is 0 Å². The summed E-state index contributed by atoms with van der Waals surface area (Å²) in [5.41, 5.74) is 0.855. The number of aryl methyl sites for hydroxylation is 1. The summed E-state index contributed by atoms with van der Waals surface area (Å²) in [7, 11) is 3.85. The van der Waals surface area contributed by atoms with Crippen LogP contribution in [0.5, 0.6) is 0 Å². The van der Waals surface area contributed by atoms with Crippen LogP contribution in [-0.2, 0) is 27.4 Å². The van der Waals surface area contributed by atoms with E-state index in [1.54, 1.807) is 26.0 Å². The first-order valence-electron chi connectivity index (χ1n) is 9.28.